The molecular weight excluding hydrogens is 467 g/mol. The maximum Gasteiger partial charge on any atom is 0.324 e. The Morgan fingerprint density at radius 1 is 1.15 bits per heavy atom. The van der Waals surface area contributed by atoms with E-state index in [2.05, 4.69) is 10.2 Å². The van der Waals surface area contributed by atoms with Crippen molar-refractivity contribution in [2.24, 2.45) is 0 Å². The molecule has 0 saturated carbocycles. The summed E-state index contributed by atoms with van der Waals surface area (Å²) in [6.07, 6.45) is 4.32. The van der Waals surface area contributed by atoms with Gasteiger partial charge in [0.15, 0.2) is 0 Å². The highest BCUT2D eigenvalue weighted by Crippen LogP contribution is 2.23. The molecule has 2 aliphatic rings. The van der Waals surface area contributed by atoms with Crippen molar-refractivity contribution in [3.05, 3.63) is 39.9 Å². The molecule has 0 spiro atoms. The zero-order valence-electron chi connectivity index (χ0n) is 18.8. The lowest BCUT2D eigenvalue weighted by Crippen LogP contribution is -2.54. The van der Waals surface area contributed by atoms with Gasteiger partial charge in [0, 0.05) is 58.3 Å². The Morgan fingerprint density at radius 2 is 1.97 bits per heavy atom. The molecule has 2 saturated heterocycles. The summed E-state index contributed by atoms with van der Waals surface area (Å²) in [6.45, 7) is 5.03. The maximum atomic E-state index is 12.6. The average molecular weight is 497 g/mol. The summed E-state index contributed by atoms with van der Waals surface area (Å²) in [5.41, 5.74) is 0.785. The molecule has 2 amide bonds. The van der Waals surface area contributed by atoms with Crippen LogP contribution in [0, 0.1) is 0 Å². The van der Waals surface area contributed by atoms with E-state index in [1.165, 1.54) is 13.2 Å². The molecule has 0 bridgehead atoms. The van der Waals surface area contributed by atoms with E-state index in [1.54, 1.807) is 29.2 Å². The highest BCUT2D eigenvalue weighted by Gasteiger charge is 2.26. The van der Waals surface area contributed by atoms with Crippen LogP contribution in [0.2, 0.25) is 10.0 Å². The number of benzene rings is 1. The molecule has 0 radical (unpaired) electrons. The summed E-state index contributed by atoms with van der Waals surface area (Å²) in [7, 11) is 1.39. The first-order valence-corrected chi connectivity index (χ1v) is 11.9. The number of nitrogens with one attached hydrogen (secondary N) is 1. The Morgan fingerprint density at radius 3 is 2.73 bits per heavy atom. The van der Waals surface area contributed by atoms with Gasteiger partial charge in [0.25, 0.3) is 0 Å². The number of methoxy groups -OCH3 is 1. The number of amides is 2. The molecule has 10 heteroatoms. The lowest BCUT2D eigenvalue weighted by atomic mass is 10.2. The molecule has 1 aromatic rings. The second kappa shape index (κ2) is 12.4. The topological polar surface area (TPSA) is 82.2 Å². The minimum Gasteiger partial charge on any atom is -0.468 e. The van der Waals surface area contributed by atoms with Gasteiger partial charge in [0.1, 0.15) is 6.04 Å². The smallest absolute Gasteiger partial charge is 0.324 e. The highest BCUT2D eigenvalue weighted by molar-refractivity contribution is 6.42. The van der Waals surface area contributed by atoms with Crippen molar-refractivity contribution in [2.45, 2.75) is 18.9 Å². The van der Waals surface area contributed by atoms with Crippen molar-refractivity contribution in [1.82, 2.24) is 20.0 Å². The number of carbonyl (C=O) groups is 3. The molecule has 33 heavy (non-hydrogen) atoms. The standard InChI is InChI=1S/C23H30Cl2N4O4/c1-33-23(32)20-16-27(12-8-26-20)9-2-10-28-13-14-29(11-7-22(28)31)21(30)6-4-17-3-5-18(24)19(25)15-17/h3-6,15,20,26H,2,7-14,16H2,1H3/b6-4+. The maximum absolute atomic E-state index is 12.6. The van der Waals surface area contributed by atoms with Crippen molar-refractivity contribution in [1.29, 1.82) is 0 Å². The molecule has 2 heterocycles. The fourth-order valence-corrected chi connectivity index (χ4v) is 4.32. The summed E-state index contributed by atoms with van der Waals surface area (Å²) in [4.78, 5) is 42.7. The van der Waals surface area contributed by atoms with Crippen molar-refractivity contribution in [3.8, 4) is 0 Å². The Labute approximate surface area is 204 Å². The number of carbonyl (C=O) groups excluding carboxylic acids is 3. The number of nitrogens with zero attached hydrogens (tertiary/aromatic N) is 3. The normalized spacial score (nSPS) is 20.2. The van der Waals surface area contributed by atoms with Gasteiger partial charge in [-0.15, -0.1) is 0 Å². The van der Waals surface area contributed by atoms with Crippen LogP contribution in [-0.2, 0) is 19.1 Å². The lowest BCUT2D eigenvalue weighted by molar-refractivity contribution is -0.144. The first-order chi connectivity index (χ1) is 15.9. The quantitative estimate of drug-likeness (QED) is 0.458. The van der Waals surface area contributed by atoms with E-state index in [0.29, 0.717) is 49.2 Å². The van der Waals surface area contributed by atoms with Crippen LogP contribution in [0.1, 0.15) is 18.4 Å². The predicted octanol–water partition coefficient (Wildman–Crippen LogP) is 1.90. The zero-order chi connectivity index (χ0) is 23.8. The Hall–Kier alpha value is -2.13. The molecular formula is C23H30Cl2N4O4. The minimum absolute atomic E-state index is 0.0616. The van der Waals surface area contributed by atoms with Crippen LogP contribution in [0.3, 0.4) is 0 Å². The number of halogens is 2. The lowest BCUT2D eigenvalue weighted by Gasteiger charge is -2.32. The number of piperazine rings is 1. The van der Waals surface area contributed by atoms with Gasteiger partial charge in [0.2, 0.25) is 11.8 Å². The molecule has 0 aromatic heterocycles. The fourth-order valence-electron chi connectivity index (χ4n) is 4.01. The van der Waals surface area contributed by atoms with Crippen molar-refractivity contribution in [2.75, 3.05) is 59.5 Å². The zero-order valence-corrected chi connectivity index (χ0v) is 20.3. The number of ether oxygens (including phenoxy) is 1. The SMILES string of the molecule is COC(=O)C1CN(CCCN2CCN(C(=O)/C=C/c3ccc(Cl)c(Cl)c3)CCC2=O)CCN1. The van der Waals surface area contributed by atoms with E-state index < -0.39 is 0 Å². The van der Waals surface area contributed by atoms with Crippen molar-refractivity contribution < 1.29 is 19.1 Å². The second-order valence-corrected chi connectivity index (χ2v) is 8.96. The van der Waals surface area contributed by atoms with E-state index in [1.807, 2.05) is 4.90 Å². The first kappa shape index (κ1) is 25.5. The van der Waals surface area contributed by atoms with Crippen LogP contribution in [0.4, 0.5) is 0 Å². The summed E-state index contributed by atoms with van der Waals surface area (Å²) in [5, 5.41) is 4.06. The van der Waals surface area contributed by atoms with Gasteiger partial charge in [-0.25, -0.2) is 0 Å². The molecule has 0 aliphatic carbocycles. The van der Waals surface area contributed by atoms with Gasteiger partial charge in [-0.3, -0.25) is 19.3 Å². The Balaban J connectivity index is 1.45. The van der Waals surface area contributed by atoms with E-state index in [0.717, 1.165) is 31.6 Å². The van der Waals surface area contributed by atoms with Gasteiger partial charge in [-0.05, 0) is 36.7 Å². The van der Waals surface area contributed by atoms with Gasteiger partial charge in [-0.1, -0.05) is 29.3 Å². The molecule has 1 aromatic carbocycles. The van der Waals surface area contributed by atoms with E-state index in [9.17, 15) is 14.4 Å². The number of esters is 1. The largest absolute Gasteiger partial charge is 0.468 e. The third-order valence-electron chi connectivity index (χ3n) is 5.91. The summed E-state index contributed by atoms with van der Waals surface area (Å²) in [6, 6.07) is 4.87. The first-order valence-electron chi connectivity index (χ1n) is 11.1. The van der Waals surface area contributed by atoms with E-state index in [-0.39, 0.29) is 23.8 Å². The van der Waals surface area contributed by atoms with Crippen LogP contribution in [0.15, 0.2) is 24.3 Å². The molecule has 2 aliphatic heterocycles. The van der Waals surface area contributed by atoms with Gasteiger partial charge < -0.3 is 19.9 Å². The average Bonchev–Trinajstić information content (AvgIpc) is 3.01. The van der Waals surface area contributed by atoms with Gasteiger partial charge in [0.05, 0.1) is 17.2 Å². The third kappa shape index (κ3) is 7.43. The second-order valence-electron chi connectivity index (χ2n) is 8.15. The Kier molecular flexibility index (Phi) is 9.55. The van der Waals surface area contributed by atoms with Crippen LogP contribution < -0.4 is 5.32 Å². The van der Waals surface area contributed by atoms with Gasteiger partial charge in [-0.2, -0.15) is 0 Å². The molecule has 1 atom stereocenters. The monoisotopic (exact) mass is 496 g/mol. The van der Waals surface area contributed by atoms with Crippen molar-refractivity contribution in [3.63, 3.8) is 0 Å². The molecule has 2 fully saturated rings. The molecule has 180 valence electrons. The Bertz CT molecular complexity index is 895. The summed E-state index contributed by atoms with van der Waals surface area (Å²) >= 11 is 11.9. The summed E-state index contributed by atoms with van der Waals surface area (Å²) in [5.74, 6) is -0.322. The van der Waals surface area contributed by atoms with Crippen molar-refractivity contribution >= 4 is 47.1 Å². The number of hydrogen-bond acceptors (Lipinski definition) is 6. The minimum atomic E-state index is -0.305. The predicted molar refractivity (Wildman–Crippen MR) is 128 cm³/mol. The number of rotatable bonds is 7. The van der Waals surface area contributed by atoms with Crippen LogP contribution in [0.5, 0.6) is 0 Å². The van der Waals surface area contributed by atoms with Gasteiger partial charge >= 0.3 is 5.97 Å². The third-order valence-corrected chi connectivity index (χ3v) is 6.65. The fraction of sp³-hybridized carbons (Fsp3) is 0.522. The summed E-state index contributed by atoms with van der Waals surface area (Å²) < 4.78 is 4.82. The highest BCUT2D eigenvalue weighted by atomic mass is 35.5. The van der Waals surface area contributed by atoms with E-state index >= 15 is 0 Å². The number of hydrogen-bond donors (Lipinski definition) is 1. The molecule has 8 nitrogen and oxygen atoms in total. The van der Waals surface area contributed by atoms with Crippen LogP contribution in [0.25, 0.3) is 6.08 Å². The van der Waals surface area contributed by atoms with Crippen LogP contribution in [-0.4, -0.2) is 98.0 Å². The van der Waals surface area contributed by atoms with Crippen LogP contribution >= 0.6 is 23.2 Å². The molecule has 3 rings (SSSR count). The van der Waals surface area contributed by atoms with E-state index in [4.69, 9.17) is 27.9 Å². The molecule has 1 unspecified atom stereocenters. The molecule has 1 N–H and O–H groups in total.